The van der Waals surface area contributed by atoms with Gasteiger partial charge in [0.25, 0.3) is 0 Å². The highest BCUT2D eigenvalue weighted by Crippen LogP contribution is 2.24. The van der Waals surface area contributed by atoms with E-state index in [0.29, 0.717) is 22.8 Å². The molecule has 2 heterocycles. The van der Waals surface area contributed by atoms with E-state index in [-0.39, 0.29) is 10.9 Å². The molecule has 0 amide bonds. The number of nitrogens with two attached hydrogens (primary N) is 1. The Labute approximate surface area is 134 Å². The molecular weight excluding hydrogens is 327 g/mol. The Bertz CT molecular complexity index is 858. The van der Waals surface area contributed by atoms with Crippen LogP contribution in [0.3, 0.4) is 0 Å². The molecule has 0 aliphatic heterocycles. The SMILES string of the molecule is Cc1nc(-c2cc(C(N)=Nc3ccc(F)c(Cl)c3)no2)cs1. The highest BCUT2D eigenvalue weighted by Gasteiger charge is 2.12. The Balaban J connectivity index is 1.88. The van der Waals surface area contributed by atoms with E-state index >= 15 is 0 Å². The lowest BCUT2D eigenvalue weighted by Gasteiger charge is -1.98. The van der Waals surface area contributed by atoms with Crippen molar-refractivity contribution in [2.45, 2.75) is 6.92 Å². The van der Waals surface area contributed by atoms with E-state index in [2.05, 4.69) is 15.1 Å². The fourth-order valence-electron chi connectivity index (χ4n) is 1.74. The molecule has 0 aliphatic rings. The lowest BCUT2D eigenvalue weighted by molar-refractivity contribution is 0.429. The Morgan fingerprint density at radius 2 is 2.23 bits per heavy atom. The molecule has 2 N–H and O–H groups in total. The van der Waals surface area contributed by atoms with Crippen LogP contribution in [0.4, 0.5) is 10.1 Å². The second kappa shape index (κ2) is 5.86. The number of hydrogen-bond acceptors (Lipinski definition) is 5. The summed E-state index contributed by atoms with van der Waals surface area (Å²) in [5, 5.41) is 6.64. The molecule has 2 aromatic heterocycles. The van der Waals surface area contributed by atoms with Crippen LogP contribution in [0.25, 0.3) is 11.5 Å². The van der Waals surface area contributed by atoms with Crippen molar-refractivity contribution in [1.29, 1.82) is 0 Å². The molecule has 0 radical (unpaired) electrons. The molecule has 0 unspecified atom stereocenters. The molecular formula is C14H10ClFN4OS. The van der Waals surface area contributed by atoms with Crippen LogP contribution in [-0.4, -0.2) is 16.0 Å². The summed E-state index contributed by atoms with van der Waals surface area (Å²) in [5.74, 6) is 0.140. The van der Waals surface area contributed by atoms with Crippen LogP contribution in [0.5, 0.6) is 0 Å². The molecule has 3 aromatic rings. The summed E-state index contributed by atoms with van der Waals surface area (Å²) in [6.45, 7) is 1.90. The Morgan fingerprint density at radius 3 is 2.91 bits per heavy atom. The van der Waals surface area contributed by atoms with E-state index in [4.69, 9.17) is 21.9 Å². The van der Waals surface area contributed by atoms with E-state index in [9.17, 15) is 4.39 Å². The van der Waals surface area contributed by atoms with Crippen molar-refractivity contribution in [2.75, 3.05) is 0 Å². The molecule has 8 heteroatoms. The van der Waals surface area contributed by atoms with Gasteiger partial charge in [-0.2, -0.15) is 0 Å². The van der Waals surface area contributed by atoms with Crippen LogP contribution in [0.2, 0.25) is 5.02 Å². The Morgan fingerprint density at radius 1 is 1.41 bits per heavy atom. The third kappa shape index (κ3) is 3.00. The van der Waals surface area contributed by atoms with Crippen molar-refractivity contribution in [3.8, 4) is 11.5 Å². The highest BCUT2D eigenvalue weighted by atomic mass is 35.5. The summed E-state index contributed by atoms with van der Waals surface area (Å²) in [6.07, 6.45) is 0. The van der Waals surface area contributed by atoms with E-state index in [0.717, 1.165) is 5.01 Å². The van der Waals surface area contributed by atoms with Crippen molar-refractivity contribution in [1.82, 2.24) is 10.1 Å². The fourth-order valence-corrected chi connectivity index (χ4v) is 2.52. The third-order valence-electron chi connectivity index (χ3n) is 2.80. The summed E-state index contributed by atoms with van der Waals surface area (Å²) in [5.41, 5.74) is 7.38. The van der Waals surface area contributed by atoms with E-state index in [1.165, 1.54) is 29.5 Å². The first-order valence-electron chi connectivity index (χ1n) is 6.22. The zero-order chi connectivity index (χ0) is 15.7. The van der Waals surface area contributed by atoms with Crippen LogP contribution in [0.15, 0.2) is 39.2 Å². The monoisotopic (exact) mass is 336 g/mol. The van der Waals surface area contributed by atoms with Gasteiger partial charge in [-0.15, -0.1) is 11.3 Å². The molecule has 0 saturated heterocycles. The Hall–Kier alpha value is -2.25. The number of benzene rings is 1. The van der Waals surface area contributed by atoms with Crippen LogP contribution in [0, 0.1) is 12.7 Å². The number of nitrogens with zero attached hydrogens (tertiary/aromatic N) is 3. The number of amidine groups is 1. The first kappa shape index (κ1) is 14.7. The van der Waals surface area contributed by atoms with Gasteiger partial charge in [-0.1, -0.05) is 16.8 Å². The quantitative estimate of drug-likeness (QED) is 0.580. The number of hydrogen-bond donors (Lipinski definition) is 1. The summed E-state index contributed by atoms with van der Waals surface area (Å²) in [7, 11) is 0. The van der Waals surface area contributed by atoms with Crippen molar-refractivity contribution < 1.29 is 8.91 Å². The standard InChI is InChI=1S/C14H10ClFN4OS/c1-7-18-12(6-22-7)13-5-11(20-21-13)14(17)19-8-2-3-10(16)9(15)4-8/h2-6H,1H3,(H2,17,19). The molecule has 5 nitrogen and oxygen atoms in total. The maximum atomic E-state index is 13.1. The minimum absolute atomic E-state index is 0.0205. The number of halogens is 2. The number of aryl methyl sites for hydroxylation is 1. The Kier molecular flexibility index (Phi) is 3.91. The molecule has 0 spiro atoms. The number of thiazole rings is 1. The van der Waals surface area contributed by atoms with Gasteiger partial charge in [0.2, 0.25) is 0 Å². The van der Waals surface area contributed by atoms with Gasteiger partial charge in [0.1, 0.15) is 17.2 Å². The fraction of sp³-hybridized carbons (Fsp3) is 0.0714. The van der Waals surface area contributed by atoms with Crippen molar-refractivity contribution in [3.05, 3.63) is 51.2 Å². The van der Waals surface area contributed by atoms with E-state index in [1.807, 2.05) is 12.3 Å². The molecule has 112 valence electrons. The number of aromatic nitrogens is 2. The first-order valence-corrected chi connectivity index (χ1v) is 7.47. The van der Waals surface area contributed by atoms with Gasteiger partial charge < -0.3 is 10.3 Å². The first-order chi connectivity index (χ1) is 10.5. The maximum absolute atomic E-state index is 13.1. The van der Waals surface area contributed by atoms with Crippen molar-refractivity contribution in [2.24, 2.45) is 10.7 Å². The van der Waals surface area contributed by atoms with Gasteiger partial charge in [-0.25, -0.2) is 14.4 Å². The minimum atomic E-state index is -0.512. The largest absolute Gasteiger partial charge is 0.382 e. The van der Waals surface area contributed by atoms with E-state index < -0.39 is 5.82 Å². The van der Waals surface area contributed by atoms with Gasteiger partial charge in [-0.3, -0.25) is 0 Å². The van der Waals surface area contributed by atoms with E-state index in [1.54, 1.807) is 6.07 Å². The van der Waals surface area contributed by atoms with Gasteiger partial charge in [0, 0.05) is 11.4 Å². The normalized spacial score (nSPS) is 11.9. The number of rotatable bonds is 3. The third-order valence-corrected chi connectivity index (χ3v) is 3.86. The summed E-state index contributed by atoms with van der Waals surface area (Å²) >= 11 is 7.22. The average Bonchev–Trinajstić information content (AvgIpc) is 3.11. The molecule has 0 bridgehead atoms. The smallest absolute Gasteiger partial charge is 0.186 e. The predicted octanol–water partition coefficient (Wildman–Crippen LogP) is 3.94. The molecule has 0 fully saturated rings. The molecule has 0 atom stereocenters. The van der Waals surface area contributed by atoms with Crippen LogP contribution >= 0.6 is 22.9 Å². The van der Waals surface area contributed by atoms with Crippen LogP contribution < -0.4 is 5.73 Å². The number of aliphatic imine (C=N–C) groups is 1. The lowest BCUT2D eigenvalue weighted by atomic mass is 10.3. The average molecular weight is 337 g/mol. The predicted molar refractivity (Wildman–Crippen MR) is 84.1 cm³/mol. The summed E-state index contributed by atoms with van der Waals surface area (Å²) < 4.78 is 18.3. The molecule has 0 saturated carbocycles. The summed E-state index contributed by atoms with van der Waals surface area (Å²) in [4.78, 5) is 8.45. The molecule has 22 heavy (non-hydrogen) atoms. The second-order valence-corrected chi connectivity index (χ2v) is 5.89. The van der Waals surface area contributed by atoms with Crippen LogP contribution in [-0.2, 0) is 0 Å². The van der Waals surface area contributed by atoms with Crippen molar-refractivity contribution >= 4 is 34.5 Å². The van der Waals surface area contributed by atoms with Gasteiger partial charge in [-0.05, 0) is 25.1 Å². The van der Waals surface area contributed by atoms with Crippen molar-refractivity contribution in [3.63, 3.8) is 0 Å². The molecule has 1 aromatic carbocycles. The lowest BCUT2D eigenvalue weighted by Crippen LogP contribution is -2.12. The molecule has 0 aliphatic carbocycles. The maximum Gasteiger partial charge on any atom is 0.186 e. The summed E-state index contributed by atoms with van der Waals surface area (Å²) in [6, 6.07) is 5.73. The zero-order valence-corrected chi connectivity index (χ0v) is 13.0. The second-order valence-electron chi connectivity index (χ2n) is 4.42. The minimum Gasteiger partial charge on any atom is -0.382 e. The molecule has 3 rings (SSSR count). The highest BCUT2D eigenvalue weighted by molar-refractivity contribution is 7.09. The van der Waals surface area contributed by atoms with Gasteiger partial charge >= 0.3 is 0 Å². The van der Waals surface area contributed by atoms with Gasteiger partial charge in [0.05, 0.1) is 15.7 Å². The van der Waals surface area contributed by atoms with Crippen LogP contribution in [0.1, 0.15) is 10.7 Å². The zero-order valence-electron chi connectivity index (χ0n) is 11.4. The van der Waals surface area contributed by atoms with Gasteiger partial charge in [0.15, 0.2) is 11.6 Å². The topological polar surface area (TPSA) is 77.3 Å².